The highest BCUT2D eigenvalue weighted by Gasteiger charge is 2.33. The van der Waals surface area contributed by atoms with Gasteiger partial charge in [-0.25, -0.2) is 0 Å². The normalized spacial score (nSPS) is 16.7. The average Bonchev–Trinajstić information content (AvgIpc) is 2.04. The molecule has 69 valence electrons. The standard InChI is InChI=1S/C10H15BOP/c1-10(2,3)13(11,12)9-7-5-4-6-8-9/h4-8,12H,1-3H3. The van der Waals surface area contributed by atoms with Crippen LogP contribution in [-0.4, -0.2) is 17.6 Å². The van der Waals surface area contributed by atoms with Gasteiger partial charge in [-0.1, -0.05) is 25.6 Å². The Labute approximate surface area is 82.0 Å². The zero-order chi connectivity index (χ0) is 10.1. The molecule has 0 aliphatic carbocycles. The second-order valence-corrected chi connectivity index (χ2v) is 7.42. The van der Waals surface area contributed by atoms with Crippen LogP contribution in [0.25, 0.3) is 0 Å². The predicted octanol–water partition coefficient (Wildman–Crippen LogP) is 2.12. The van der Waals surface area contributed by atoms with Crippen LogP contribution in [0.3, 0.4) is 0 Å². The van der Waals surface area contributed by atoms with Crippen LogP contribution in [-0.2, 0) is 0 Å². The van der Waals surface area contributed by atoms with Crippen molar-refractivity contribution in [2.24, 2.45) is 0 Å². The number of rotatable bonds is 1. The van der Waals surface area contributed by atoms with E-state index in [0.29, 0.717) is 0 Å². The SMILES string of the molecule is [B-][P+](O)(c1ccccc1)C(C)(C)C. The fraction of sp³-hybridized carbons (Fsp3) is 0.400. The Balaban J connectivity index is 3.08. The van der Waals surface area contributed by atoms with Crippen molar-refractivity contribution in [3.63, 3.8) is 0 Å². The molecule has 0 aliphatic rings. The maximum Gasteiger partial charge on any atom is 0.0697 e. The minimum Gasteiger partial charge on any atom is -0.302 e. The Hall–Kier alpha value is -0.325. The quantitative estimate of drug-likeness (QED) is 0.534. The fourth-order valence-electron chi connectivity index (χ4n) is 1.04. The van der Waals surface area contributed by atoms with E-state index in [1.807, 2.05) is 51.1 Å². The van der Waals surface area contributed by atoms with Crippen LogP contribution in [0.1, 0.15) is 20.8 Å². The van der Waals surface area contributed by atoms with Gasteiger partial charge < -0.3 is 4.89 Å². The van der Waals surface area contributed by atoms with E-state index in [-0.39, 0.29) is 5.16 Å². The largest absolute Gasteiger partial charge is 0.302 e. The third-order valence-electron chi connectivity index (χ3n) is 2.17. The van der Waals surface area contributed by atoms with Crippen molar-refractivity contribution in [1.29, 1.82) is 0 Å². The Morgan fingerprint density at radius 2 is 1.62 bits per heavy atom. The first-order chi connectivity index (χ1) is 5.86. The molecule has 1 rings (SSSR count). The van der Waals surface area contributed by atoms with E-state index in [0.717, 1.165) is 5.30 Å². The summed E-state index contributed by atoms with van der Waals surface area (Å²) >= 11 is 0. The van der Waals surface area contributed by atoms with Crippen molar-refractivity contribution in [3.8, 4) is 0 Å². The Kier molecular flexibility index (Phi) is 2.84. The van der Waals surface area contributed by atoms with E-state index < -0.39 is 7.37 Å². The monoisotopic (exact) mass is 193 g/mol. The fourth-order valence-corrected chi connectivity index (χ4v) is 2.44. The molecule has 0 aliphatic heterocycles. The second-order valence-electron chi connectivity index (χ2n) is 4.19. The summed E-state index contributed by atoms with van der Waals surface area (Å²) in [7, 11) is 3.50. The van der Waals surface area contributed by atoms with Gasteiger partial charge in [0.15, 0.2) is 0 Å². The van der Waals surface area contributed by atoms with Crippen LogP contribution in [0, 0.1) is 0 Å². The molecular formula is C10H15BOP. The van der Waals surface area contributed by atoms with E-state index >= 15 is 0 Å². The van der Waals surface area contributed by atoms with Crippen molar-refractivity contribution in [2.45, 2.75) is 25.9 Å². The average molecular weight is 193 g/mol. The van der Waals surface area contributed by atoms with Crippen molar-refractivity contribution >= 4 is 20.2 Å². The summed E-state index contributed by atoms with van der Waals surface area (Å²) in [5, 5.41) is 0.608. The molecule has 0 amide bonds. The van der Waals surface area contributed by atoms with Crippen LogP contribution in [0.5, 0.6) is 0 Å². The van der Waals surface area contributed by atoms with Gasteiger partial charge in [0.2, 0.25) is 0 Å². The van der Waals surface area contributed by atoms with Crippen molar-refractivity contribution < 1.29 is 4.89 Å². The highest BCUT2D eigenvalue weighted by molar-refractivity contribution is 7.99. The molecule has 0 heterocycles. The van der Waals surface area contributed by atoms with E-state index in [1.54, 1.807) is 0 Å². The van der Waals surface area contributed by atoms with Crippen LogP contribution in [0.15, 0.2) is 30.3 Å². The summed E-state index contributed by atoms with van der Waals surface area (Å²) in [6.07, 6.45) is 0. The van der Waals surface area contributed by atoms with Crippen molar-refractivity contribution in [3.05, 3.63) is 30.3 Å². The smallest absolute Gasteiger partial charge is 0.0697 e. The highest BCUT2D eigenvalue weighted by Crippen LogP contribution is 2.59. The van der Waals surface area contributed by atoms with Crippen LogP contribution < -0.4 is 5.30 Å². The maximum atomic E-state index is 10.2. The molecule has 3 heteroatoms. The minimum absolute atomic E-state index is 0.256. The topological polar surface area (TPSA) is 20.2 Å². The van der Waals surface area contributed by atoms with Crippen LogP contribution >= 0.6 is 7.37 Å². The van der Waals surface area contributed by atoms with Gasteiger partial charge in [0.25, 0.3) is 0 Å². The van der Waals surface area contributed by atoms with Gasteiger partial charge in [-0.2, -0.15) is 0 Å². The van der Waals surface area contributed by atoms with Crippen molar-refractivity contribution in [1.82, 2.24) is 0 Å². The summed E-state index contributed by atoms with van der Waals surface area (Å²) in [5.74, 6) is 0. The Morgan fingerprint density at radius 1 is 1.15 bits per heavy atom. The lowest BCUT2D eigenvalue weighted by atomic mass is 10.3. The highest BCUT2D eigenvalue weighted by atomic mass is 31.2. The molecule has 1 atom stereocenters. The predicted molar refractivity (Wildman–Crippen MR) is 60.7 cm³/mol. The van der Waals surface area contributed by atoms with E-state index in [9.17, 15) is 4.89 Å². The molecule has 1 aromatic rings. The Bertz CT molecular complexity index is 277. The lowest BCUT2D eigenvalue weighted by molar-refractivity contribution is 0.581. The van der Waals surface area contributed by atoms with Gasteiger partial charge in [-0.05, 0) is 32.9 Å². The molecule has 0 aromatic heterocycles. The van der Waals surface area contributed by atoms with E-state index in [1.165, 1.54) is 0 Å². The van der Waals surface area contributed by atoms with Crippen LogP contribution in [0.4, 0.5) is 0 Å². The second kappa shape index (κ2) is 3.44. The molecule has 0 saturated heterocycles. The maximum absolute atomic E-state index is 10.2. The lowest BCUT2D eigenvalue weighted by Crippen LogP contribution is -2.28. The summed E-state index contributed by atoms with van der Waals surface area (Å²) in [4.78, 5) is 10.2. The van der Waals surface area contributed by atoms with Gasteiger partial charge in [0.05, 0.1) is 10.5 Å². The number of hydrogen-bond acceptors (Lipinski definition) is 1. The molecule has 1 unspecified atom stereocenters. The lowest BCUT2D eigenvalue weighted by Gasteiger charge is -2.41. The summed E-state index contributed by atoms with van der Waals surface area (Å²) < 4.78 is 0. The molecule has 0 fully saturated rings. The number of benzene rings is 1. The van der Waals surface area contributed by atoms with Crippen LogP contribution in [0.2, 0.25) is 0 Å². The minimum atomic E-state index is -2.48. The summed E-state index contributed by atoms with van der Waals surface area (Å²) in [6, 6.07) is 9.50. The summed E-state index contributed by atoms with van der Waals surface area (Å²) in [5.41, 5.74) is 0. The molecule has 1 aromatic carbocycles. The molecule has 0 saturated carbocycles. The molecule has 1 nitrogen and oxygen atoms in total. The van der Waals surface area contributed by atoms with E-state index in [4.69, 9.17) is 7.57 Å². The first-order valence-corrected chi connectivity index (χ1v) is 6.13. The molecule has 13 heavy (non-hydrogen) atoms. The van der Waals surface area contributed by atoms with Gasteiger partial charge in [0, 0.05) is 0 Å². The first-order valence-electron chi connectivity index (χ1n) is 4.32. The first kappa shape index (κ1) is 10.8. The third-order valence-corrected chi connectivity index (χ3v) is 5.30. The zero-order valence-corrected chi connectivity index (χ0v) is 9.25. The molecule has 0 spiro atoms. The third kappa shape index (κ3) is 2.13. The van der Waals surface area contributed by atoms with Gasteiger partial charge in [-0.15, -0.1) is 0 Å². The summed E-state index contributed by atoms with van der Waals surface area (Å²) in [6.45, 7) is 5.90. The van der Waals surface area contributed by atoms with Gasteiger partial charge in [-0.3, -0.25) is 7.57 Å². The molecule has 3 radical (unpaired) electrons. The van der Waals surface area contributed by atoms with E-state index in [2.05, 4.69) is 0 Å². The Morgan fingerprint density at radius 3 is 2.00 bits per heavy atom. The molecular weight excluding hydrogens is 178 g/mol. The van der Waals surface area contributed by atoms with Gasteiger partial charge in [0.1, 0.15) is 0 Å². The molecule has 1 N–H and O–H groups in total. The molecule has 0 bridgehead atoms. The zero-order valence-electron chi connectivity index (χ0n) is 8.36. The van der Waals surface area contributed by atoms with Gasteiger partial charge >= 0.3 is 0 Å². The number of hydrogen-bond donors (Lipinski definition) is 1. The van der Waals surface area contributed by atoms with Crippen molar-refractivity contribution in [2.75, 3.05) is 0 Å².